The zero-order valence-electron chi connectivity index (χ0n) is 10.9. The molecule has 0 unspecified atom stereocenters. The van der Waals surface area contributed by atoms with Gasteiger partial charge >= 0.3 is 0 Å². The summed E-state index contributed by atoms with van der Waals surface area (Å²) in [5.74, 6) is 0. The van der Waals surface area contributed by atoms with Crippen LogP contribution in [-0.4, -0.2) is 0 Å². The van der Waals surface area contributed by atoms with Crippen molar-refractivity contribution in [2.45, 2.75) is 51.4 Å². The van der Waals surface area contributed by atoms with Crippen molar-refractivity contribution >= 4 is 0 Å². The summed E-state index contributed by atoms with van der Waals surface area (Å²) in [6, 6.07) is 0. The molecule has 2 rings (SSSR count). The van der Waals surface area contributed by atoms with Gasteiger partial charge < -0.3 is 0 Å². The van der Waals surface area contributed by atoms with Crippen LogP contribution >= 0.6 is 0 Å². The van der Waals surface area contributed by atoms with Crippen LogP contribution < -0.4 is 0 Å². The average molecular weight is 422 g/mol. The van der Waals surface area contributed by atoms with Gasteiger partial charge in [0, 0.05) is 39.0 Å². The predicted molar refractivity (Wildman–Crippen MR) is 73.5 cm³/mol. The normalized spacial score (nSPS) is 17.8. The zero-order chi connectivity index (χ0) is 11.3. The van der Waals surface area contributed by atoms with E-state index in [1.54, 1.807) is 0 Å². The smallest absolute Gasteiger partial charge is 0 e. The second-order valence-corrected chi connectivity index (χ2v) is 4.20. The van der Waals surface area contributed by atoms with Gasteiger partial charge in [0.25, 0.3) is 0 Å². The molecule has 0 atom stereocenters. The summed E-state index contributed by atoms with van der Waals surface area (Å²) < 4.78 is 0. The molecule has 0 aromatic carbocycles. The summed E-state index contributed by atoms with van der Waals surface area (Å²) in [6.07, 6.45) is 28.0. The minimum atomic E-state index is 0. The zero-order valence-corrected chi connectivity index (χ0v) is 14.2. The molecule has 0 spiro atoms. The maximum absolute atomic E-state index is 2.27. The molecule has 18 heavy (non-hydrogen) atoms. The van der Waals surface area contributed by atoms with Crippen molar-refractivity contribution in [2.75, 3.05) is 0 Å². The Kier molecular flexibility index (Phi) is 19.6. The molecule has 2 aliphatic carbocycles. The predicted octanol–water partition coefficient (Wildman–Crippen LogP) is 5.34. The van der Waals surface area contributed by atoms with Crippen molar-refractivity contribution in [1.82, 2.24) is 0 Å². The van der Waals surface area contributed by atoms with Crippen LogP contribution in [0.25, 0.3) is 0 Å². The van der Waals surface area contributed by atoms with Gasteiger partial charge in [0.2, 0.25) is 0 Å². The minimum Gasteiger partial charge on any atom is -0.0882 e. The van der Waals surface area contributed by atoms with Crippen molar-refractivity contribution < 1.29 is 39.0 Å². The van der Waals surface area contributed by atoms with Gasteiger partial charge in [0.05, 0.1) is 0 Å². The fourth-order valence-corrected chi connectivity index (χ4v) is 1.71. The van der Waals surface area contributed by atoms with E-state index in [9.17, 15) is 0 Å². The van der Waals surface area contributed by atoms with E-state index in [0.717, 1.165) is 0 Å². The molecule has 0 N–H and O–H groups in total. The van der Waals surface area contributed by atoms with Crippen LogP contribution in [0.1, 0.15) is 51.4 Å². The van der Waals surface area contributed by atoms with E-state index in [-0.39, 0.29) is 39.0 Å². The first-order chi connectivity index (χ1) is 8.00. The van der Waals surface area contributed by atoms with Crippen LogP contribution in [0.3, 0.4) is 0 Å². The molecular weight excluding hydrogens is 398 g/mol. The Morgan fingerprint density at radius 1 is 0.278 bits per heavy atom. The Bertz CT molecular complexity index is 182. The van der Waals surface area contributed by atoms with E-state index in [1.807, 2.05) is 0 Å². The monoisotopic (exact) mass is 422 g/mol. The first kappa shape index (κ1) is 20.5. The van der Waals surface area contributed by atoms with Gasteiger partial charge in [0.1, 0.15) is 0 Å². The third-order valence-corrected chi connectivity index (χ3v) is 2.67. The van der Waals surface area contributed by atoms with Crippen molar-refractivity contribution in [3.05, 3.63) is 48.6 Å². The molecule has 2 aliphatic rings. The first-order valence-corrected chi connectivity index (χ1v) is 6.60. The van der Waals surface area contributed by atoms with Gasteiger partial charge in [-0.1, -0.05) is 48.6 Å². The van der Waals surface area contributed by atoms with Gasteiger partial charge in [-0.25, -0.2) is 0 Å². The van der Waals surface area contributed by atoms with Crippen molar-refractivity contribution in [3.8, 4) is 0 Å². The Labute approximate surface area is 138 Å². The molecule has 0 aromatic rings. The van der Waals surface area contributed by atoms with Crippen LogP contribution in [0, 0.1) is 0 Å². The van der Waals surface area contributed by atoms with Gasteiger partial charge in [-0.2, -0.15) is 0 Å². The molecule has 106 valence electrons. The third kappa shape index (κ3) is 14.3. The van der Waals surface area contributed by atoms with E-state index >= 15 is 0 Å². The topological polar surface area (TPSA) is 0 Å². The van der Waals surface area contributed by atoms with Crippen LogP contribution in [0.15, 0.2) is 48.6 Å². The maximum atomic E-state index is 2.27. The quantitative estimate of drug-likeness (QED) is 0.365. The molecule has 0 bridgehead atoms. The summed E-state index contributed by atoms with van der Waals surface area (Å²) in [6.45, 7) is 0. The molecule has 0 aliphatic heterocycles. The third-order valence-electron chi connectivity index (χ3n) is 2.67. The largest absolute Gasteiger partial charge is 0.0882 e. The van der Waals surface area contributed by atoms with E-state index in [2.05, 4.69) is 48.6 Å². The Morgan fingerprint density at radius 3 is 0.500 bits per heavy atom. The van der Waals surface area contributed by atoms with Crippen molar-refractivity contribution in [3.63, 3.8) is 0 Å². The molecule has 0 amide bonds. The molecule has 0 nitrogen and oxygen atoms in total. The molecular formula is C16H24Rh2. The van der Waals surface area contributed by atoms with Crippen molar-refractivity contribution in [1.29, 1.82) is 0 Å². The van der Waals surface area contributed by atoms with Crippen LogP contribution in [0.5, 0.6) is 0 Å². The van der Waals surface area contributed by atoms with Gasteiger partial charge in [0.15, 0.2) is 0 Å². The van der Waals surface area contributed by atoms with Gasteiger partial charge in [-0.3, -0.25) is 0 Å². The van der Waals surface area contributed by atoms with E-state index in [4.69, 9.17) is 0 Å². The fraction of sp³-hybridized carbons (Fsp3) is 0.500. The molecule has 0 aromatic heterocycles. The Hall–Kier alpha value is 0.207. The molecule has 0 heterocycles. The number of allylic oxidation sites excluding steroid dienone is 8. The van der Waals surface area contributed by atoms with E-state index in [1.165, 1.54) is 51.4 Å². The van der Waals surface area contributed by atoms with E-state index < -0.39 is 0 Å². The Morgan fingerprint density at radius 2 is 0.389 bits per heavy atom. The summed E-state index contributed by atoms with van der Waals surface area (Å²) in [7, 11) is 0. The fourth-order valence-electron chi connectivity index (χ4n) is 1.71. The summed E-state index contributed by atoms with van der Waals surface area (Å²) in [5, 5.41) is 0. The standard InChI is InChI=1S/2C8H12.2Rh/c2*1-2-4-6-8-7-5-3-1;;/h2*1-2,7-8H,3-6H2;;. The molecule has 0 fully saturated rings. The summed E-state index contributed by atoms with van der Waals surface area (Å²) >= 11 is 0. The van der Waals surface area contributed by atoms with Crippen LogP contribution in [0.2, 0.25) is 0 Å². The van der Waals surface area contributed by atoms with Gasteiger partial charge in [-0.05, 0) is 51.4 Å². The molecule has 0 saturated carbocycles. The number of rotatable bonds is 0. The van der Waals surface area contributed by atoms with Crippen LogP contribution in [-0.2, 0) is 39.0 Å². The summed E-state index contributed by atoms with van der Waals surface area (Å²) in [5.41, 5.74) is 0. The second-order valence-electron chi connectivity index (χ2n) is 4.20. The molecule has 2 radical (unpaired) electrons. The maximum Gasteiger partial charge on any atom is 0 e. The van der Waals surface area contributed by atoms with E-state index in [0.29, 0.717) is 0 Å². The summed E-state index contributed by atoms with van der Waals surface area (Å²) in [4.78, 5) is 0. The molecule has 0 saturated heterocycles. The van der Waals surface area contributed by atoms with Gasteiger partial charge in [-0.15, -0.1) is 0 Å². The van der Waals surface area contributed by atoms with Crippen LogP contribution in [0.4, 0.5) is 0 Å². The van der Waals surface area contributed by atoms with Crippen molar-refractivity contribution in [2.24, 2.45) is 0 Å². The second kappa shape index (κ2) is 17.2. The Balaban J connectivity index is 0. The number of hydrogen-bond acceptors (Lipinski definition) is 0. The number of hydrogen-bond donors (Lipinski definition) is 0. The average Bonchev–Trinajstić information content (AvgIpc) is 2.15. The SMILES string of the molecule is C1=CCCC=CCC1.C1=CCCC=CCC1.[Rh].[Rh]. The molecule has 2 heteroatoms. The first-order valence-electron chi connectivity index (χ1n) is 6.60. The minimum absolute atomic E-state index is 0.